The number of halogens is 2. The zero-order valence-corrected chi connectivity index (χ0v) is 19.8. The van der Waals surface area contributed by atoms with Crippen molar-refractivity contribution in [3.05, 3.63) is 46.4 Å². The molecule has 5 nitrogen and oxygen atoms in total. The van der Waals surface area contributed by atoms with Crippen LogP contribution in [0.25, 0.3) is 0 Å². The van der Waals surface area contributed by atoms with Crippen LogP contribution in [0.5, 0.6) is 11.5 Å². The van der Waals surface area contributed by atoms with Crippen LogP contribution in [0.2, 0.25) is 10.0 Å². The number of hydrogen-bond acceptors (Lipinski definition) is 5. The van der Waals surface area contributed by atoms with Gasteiger partial charge in [-0.15, -0.1) is 0 Å². The standard InChI is InChI=1S/C24H31Cl2N3O2/c1-30-23-11-9-19(13-21(23)25)28-15-27(18-7-5-3-4-6-8-18)16-29(17-28)20-10-12-24(31-2)22(26)14-20/h9-14,18H,3-8,15-17H2,1-2H3. The van der Waals surface area contributed by atoms with Gasteiger partial charge in [0.05, 0.1) is 44.3 Å². The first-order chi connectivity index (χ1) is 15.1. The molecule has 0 unspecified atom stereocenters. The summed E-state index contributed by atoms with van der Waals surface area (Å²) < 4.78 is 10.7. The molecule has 0 amide bonds. The molecule has 1 aliphatic heterocycles. The molecule has 0 radical (unpaired) electrons. The number of nitrogens with zero attached hydrogens (tertiary/aromatic N) is 3. The van der Waals surface area contributed by atoms with E-state index in [-0.39, 0.29) is 0 Å². The number of anilines is 2. The van der Waals surface area contributed by atoms with Crippen molar-refractivity contribution in [3.63, 3.8) is 0 Å². The lowest BCUT2D eigenvalue weighted by molar-refractivity contribution is 0.158. The largest absolute Gasteiger partial charge is 0.495 e. The molecule has 2 aliphatic rings. The molecule has 4 rings (SSSR count). The molecule has 1 saturated carbocycles. The van der Waals surface area contributed by atoms with Crippen LogP contribution >= 0.6 is 23.2 Å². The van der Waals surface area contributed by atoms with Crippen molar-refractivity contribution >= 4 is 34.6 Å². The maximum absolute atomic E-state index is 6.45. The summed E-state index contributed by atoms with van der Waals surface area (Å²) in [5.74, 6) is 1.39. The molecule has 168 valence electrons. The van der Waals surface area contributed by atoms with Crippen molar-refractivity contribution in [3.8, 4) is 11.5 Å². The number of hydrogen-bond donors (Lipinski definition) is 0. The summed E-state index contributed by atoms with van der Waals surface area (Å²) in [7, 11) is 3.29. The van der Waals surface area contributed by atoms with Gasteiger partial charge in [-0.2, -0.15) is 0 Å². The molecule has 1 aliphatic carbocycles. The van der Waals surface area contributed by atoms with E-state index in [2.05, 4.69) is 26.8 Å². The van der Waals surface area contributed by atoms with Crippen LogP contribution in [0, 0.1) is 0 Å². The van der Waals surface area contributed by atoms with Crippen LogP contribution in [-0.2, 0) is 0 Å². The zero-order valence-electron chi connectivity index (χ0n) is 18.3. The Balaban J connectivity index is 1.63. The van der Waals surface area contributed by atoms with Crippen LogP contribution < -0.4 is 19.3 Å². The van der Waals surface area contributed by atoms with Crippen molar-refractivity contribution in [1.29, 1.82) is 0 Å². The Kier molecular flexibility index (Phi) is 7.36. The Bertz CT molecular complexity index is 826. The average molecular weight is 464 g/mol. The monoisotopic (exact) mass is 463 g/mol. The first-order valence-corrected chi connectivity index (χ1v) is 11.8. The first kappa shape index (κ1) is 22.4. The smallest absolute Gasteiger partial charge is 0.137 e. The van der Waals surface area contributed by atoms with Gasteiger partial charge in [0.1, 0.15) is 11.5 Å². The minimum atomic E-state index is 0.593. The summed E-state index contributed by atoms with van der Waals surface area (Å²) in [5.41, 5.74) is 2.18. The second kappa shape index (κ2) is 10.2. The molecule has 2 aromatic carbocycles. The van der Waals surface area contributed by atoms with Crippen LogP contribution in [-0.4, -0.2) is 45.2 Å². The van der Waals surface area contributed by atoms with Gasteiger partial charge in [0, 0.05) is 17.4 Å². The third kappa shape index (κ3) is 5.16. The Morgan fingerprint density at radius 1 is 0.710 bits per heavy atom. The van der Waals surface area contributed by atoms with Crippen molar-refractivity contribution in [2.45, 2.75) is 44.6 Å². The number of methoxy groups -OCH3 is 2. The number of rotatable bonds is 5. The van der Waals surface area contributed by atoms with Gasteiger partial charge in [0.2, 0.25) is 0 Å². The second-order valence-electron chi connectivity index (χ2n) is 8.38. The van der Waals surface area contributed by atoms with Crippen molar-refractivity contribution in [2.75, 3.05) is 44.0 Å². The topological polar surface area (TPSA) is 28.2 Å². The lowest BCUT2D eigenvalue weighted by Gasteiger charge is -2.47. The van der Waals surface area contributed by atoms with Gasteiger partial charge < -0.3 is 19.3 Å². The molecule has 2 fully saturated rings. The maximum Gasteiger partial charge on any atom is 0.137 e. The number of benzene rings is 2. The van der Waals surface area contributed by atoms with Crippen molar-refractivity contribution < 1.29 is 9.47 Å². The molecule has 0 N–H and O–H groups in total. The maximum atomic E-state index is 6.45. The minimum absolute atomic E-state index is 0.593. The molecule has 1 saturated heterocycles. The Hall–Kier alpha value is -1.82. The van der Waals surface area contributed by atoms with E-state index < -0.39 is 0 Å². The lowest BCUT2D eigenvalue weighted by Crippen LogP contribution is -2.58. The van der Waals surface area contributed by atoms with E-state index in [1.807, 2.05) is 24.3 Å². The molecule has 0 aromatic heterocycles. The summed E-state index contributed by atoms with van der Waals surface area (Å²) >= 11 is 12.9. The number of ether oxygens (including phenoxy) is 2. The van der Waals surface area contributed by atoms with Gasteiger partial charge in [-0.05, 0) is 49.2 Å². The highest BCUT2D eigenvalue weighted by Crippen LogP contribution is 2.34. The summed E-state index contributed by atoms with van der Waals surface area (Å²) in [6.07, 6.45) is 7.83. The SMILES string of the molecule is COc1ccc(N2CN(c3ccc(OC)c(Cl)c3)CN(C3CCCCCC3)C2)cc1Cl. The highest BCUT2D eigenvalue weighted by molar-refractivity contribution is 6.32. The first-order valence-electron chi connectivity index (χ1n) is 11.0. The highest BCUT2D eigenvalue weighted by atomic mass is 35.5. The molecular weight excluding hydrogens is 433 g/mol. The van der Waals surface area contributed by atoms with E-state index in [0.717, 1.165) is 31.4 Å². The second-order valence-corrected chi connectivity index (χ2v) is 9.19. The normalized spacial score (nSPS) is 18.7. The van der Waals surface area contributed by atoms with Crippen molar-refractivity contribution in [2.24, 2.45) is 0 Å². The van der Waals surface area contributed by atoms with Gasteiger partial charge in [0.15, 0.2) is 0 Å². The van der Waals surface area contributed by atoms with E-state index in [9.17, 15) is 0 Å². The van der Waals surface area contributed by atoms with Crippen molar-refractivity contribution in [1.82, 2.24) is 4.90 Å². The quantitative estimate of drug-likeness (QED) is 0.489. The molecule has 0 atom stereocenters. The van der Waals surface area contributed by atoms with E-state index in [0.29, 0.717) is 27.6 Å². The van der Waals surface area contributed by atoms with Crippen LogP contribution in [0.1, 0.15) is 38.5 Å². The molecule has 1 heterocycles. The summed E-state index contributed by atoms with van der Waals surface area (Å²) in [4.78, 5) is 7.35. The summed E-state index contributed by atoms with van der Waals surface area (Å²) in [6.45, 7) is 2.52. The summed E-state index contributed by atoms with van der Waals surface area (Å²) in [6, 6.07) is 12.6. The zero-order chi connectivity index (χ0) is 21.8. The fraction of sp³-hybridized carbons (Fsp3) is 0.500. The van der Waals surface area contributed by atoms with Crippen LogP contribution in [0.15, 0.2) is 36.4 Å². The fourth-order valence-corrected chi connectivity index (χ4v) is 5.17. The van der Waals surface area contributed by atoms with Crippen LogP contribution in [0.4, 0.5) is 11.4 Å². The molecule has 31 heavy (non-hydrogen) atoms. The van der Waals surface area contributed by atoms with E-state index in [4.69, 9.17) is 32.7 Å². The average Bonchev–Trinajstić information content (AvgIpc) is 3.08. The Morgan fingerprint density at radius 2 is 1.19 bits per heavy atom. The van der Waals surface area contributed by atoms with Crippen LogP contribution in [0.3, 0.4) is 0 Å². The molecular formula is C24H31Cl2N3O2. The van der Waals surface area contributed by atoms with Gasteiger partial charge in [-0.3, -0.25) is 4.90 Å². The molecule has 7 heteroatoms. The summed E-state index contributed by atoms with van der Waals surface area (Å²) in [5, 5.41) is 1.26. The van der Waals surface area contributed by atoms with Gasteiger partial charge in [-0.1, -0.05) is 48.9 Å². The molecule has 0 spiro atoms. The van der Waals surface area contributed by atoms with Gasteiger partial charge >= 0.3 is 0 Å². The highest BCUT2D eigenvalue weighted by Gasteiger charge is 2.30. The van der Waals surface area contributed by atoms with Gasteiger partial charge in [-0.25, -0.2) is 0 Å². The third-order valence-electron chi connectivity index (χ3n) is 6.39. The molecule has 2 aromatic rings. The minimum Gasteiger partial charge on any atom is -0.495 e. The Morgan fingerprint density at radius 3 is 1.61 bits per heavy atom. The van der Waals surface area contributed by atoms with E-state index >= 15 is 0 Å². The van der Waals surface area contributed by atoms with E-state index in [1.54, 1.807) is 14.2 Å². The predicted molar refractivity (Wildman–Crippen MR) is 129 cm³/mol. The Labute approximate surface area is 195 Å². The fourth-order valence-electron chi connectivity index (χ4n) is 4.66. The molecule has 0 bridgehead atoms. The predicted octanol–water partition coefficient (Wildman–Crippen LogP) is 6.23. The van der Waals surface area contributed by atoms with E-state index in [1.165, 1.54) is 38.5 Å². The lowest BCUT2D eigenvalue weighted by atomic mass is 10.1. The van der Waals surface area contributed by atoms with Gasteiger partial charge in [0.25, 0.3) is 0 Å². The third-order valence-corrected chi connectivity index (χ3v) is 6.98.